The fourth-order valence-electron chi connectivity index (χ4n) is 3.74. The first-order valence-corrected chi connectivity index (χ1v) is 9.37. The van der Waals surface area contributed by atoms with Gasteiger partial charge in [0.1, 0.15) is 17.3 Å². The van der Waals surface area contributed by atoms with Crippen molar-refractivity contribution in [1.29, 1.82) is 0 Å². The molecule has 0 bridgehead atoms. The van der Waals surface area contributed by atoms with Crippen molar-refractivity contribution in [2.75, 3.05) is 20.8 Å². The van der Waals surface area contributed by atoms with Gasteiger partial charge < -0.3 is 18.9 Å². The number of halogens is 1. The van der Waals surface area contributed by atoms with Crippen LogP contribution in [0, 0.1) is 5.82 Å². The smallest absolute Gasteiger partial charge is 0.276 e. The minimum absolute atomic E-state index is 0.150. The van der Waals surface area contributed by atoms with Crippen LogP contribution in [0.2, 0.25) is 0 Å². The summed E-state index contributed by atoms with van der Waals surface area (Å²) in [7, 11) is 3.20. The molecule has 29 heavy (non-hydrogen) atoms. The highest BCUT2D eigenvalue weighted by Gasteiger charge is 2.34. The number of likely N-dealkylation sites (tertiary alicyclic amines) is 1. The number of carbonyl (C=O) groups excluding carboxylic acids is 1. The van der Waals surface area contributed by atoms with Gasteiger partial charge in [-0.1, -0.05) is 17.3 Å². The van der Waals surface area contributed by atoms with Crippen LogP contribution in [-0.2, 0) is 0 Å². The summed E-state index contributed by atoms with van der Waals surface area (Å²) in [6.07, 6.45) is 1.65. The van der Waals surface area contributed by atoms with Crippen LogP contribution < -0.4 is 9.47 Å². The highest BCUT2D eigenvalue weighted by Crippen LogP contribution is 2.39. The normalized spacial score (nSPS) is 16.1. The van der Waals surface area contributed by atoms with Crippen LogP contribution in [-0.4, -0.2) is 36.7 Å². The molecule has 1 aliphatic rings. The first-order valence-electron chi connectivity index (χ1n) is 9.37. The Labute approximate surface area is 167 Å². The molecule has 7 heteroatoms. The third-order valence-corrected chi connectivity index (χ3v) is 5.18. The van der Waals surface area contributed by atoms with Gasteiger partial charge in [-0.05, 0) is 43.2 Å². The number of ether oxygens (including phenoxy) is 2. The Kier molecular flexibility index (Phi) is 5.20. The molecule has 0 saturated carbocycles. The van der Waals surface area contributed by atoms with Gasteiger partial charge in [-0.25, -0.2) is 4.39 Å². The standard InChI is InChI=1S/C22H21FN2O4/c1-27-14-9-10-20(28-2)16(12-14)19-8-5-11-25(19)22(26)18-13-21(29-24-18)15-6-3-4-7-17(15)23/h3-4,6-7,9-10,12-13,19H,5,8,11H2,1-2H3/t19-/m0/s1. The lowest BCUT2D eigenvalue weighted by Gasteiger charge is -2.26. The van der Waals surface area contributed by atoms with E-state index in [0.29, 0.717) is 18.0 Å². The Hall–Kier alpha value is -3.35. The highest BCUT2D eigenvalue weighted by molar-refractivity contribution is 5.93. The van der Waals surface area contributed by atoms with Gasteiger partial charge in [0.05, 0.1) is 25.8 Å². The van der Waals surface area contributed by atoms with Crippen molar-refractivity contribution in [3.8, 4) is 22.8 Å². The van der Waals surface area contributed by atoms with E-state index in [1.807, 2.05) is 18.2 Å². The van der Waals surface area contributed by atoms with Gasteiger partial charge >= 0.3 is 0 Å². The molecule has 1 saturated heterocycles. The maximum atomic E-state index is 14.0. The molecule has 0 N–H and O–H groups in total. The molecule has 2 aromatic carbocycles. The molecule has 1 fully saturated rings. The van der Waals surface area contributed by atoms with Gasteiger partial charge in [-0.3, -0.25) is 4.79 Å². The molecule has 1 amide bonds. The summed E-state index contributed by atoms with van der Waals surface area (Å²) in [5.74, 6) is 0.929. The van der Waals surface area contributed by atoms with Gasteiger partial charge in [-0.2, -0.15) is 0 Å². The number of hydrogen-bond donors (Lipinski definition) is 0. The number of methoxy groups -OCH3 is 2. The molecule has 1 aromatic heterocycles. The first kappa shape index (κ1) is 19.0. The van der Waals surface area contributed by atoms with Crippen LogP contribution in [0.25, 0.3) is 11.3 Å². The van der Waals surface area contributed by atoms with Crippen LogP contribution in [0.5, 0.6) is 11.5 Å². The number of amides is 1. The van der Waals surface area contributed by atoms with E-state index in [0.717, 1.165) is 18.4 Å². The van der Waals surface area contributed by atoms with Gasteiger partial charge in [0.2, 0.25) is 0 Å². The quantitative estimate of drug-likeness (QED) is 0.636. The fraction of sp³-hybridized carbons (Fsp3) is 0.273. The van der Waals surface area contributed by atoms with E-state index >= 15 is 0 Å². The average Bonchev–Trinajstić information content (AvgIpc) is 3.43. The molecule has 0 aliphatic carbocycles. The molecule has 2 heterocycles. The SMILES string of the molecule is COc1ccc(OC)c([C@@H]2CCCN2C(=O)c2cc(-c3ccccc3F)on2)c1. The molecule has 4 rings (SSSR count). The van der Waals surface area contributed by atoms with E-state index in [-0.39, 0.29) is 29.0 Å². The second-order valence-corrected chi connectivity index (χ2v) is 6.82. The largest absolute Gasteiger partial charge is 0.497 e. The van der Waals surface area contributed by atoms with E-state index in [1.165, 1.54) is 12.1 Å². The van der Waals surface area contributed by atoms with Crippen molar-refractivity contribution >= 4 is 5.91 Å². The zero-order valence-electron chi connectivity index (χ0n) is 16.2. The lowest BCUT2D eigenvalue weighted by Crippen LogP contribution is -2.31. The number of aromatic nitrogens is 1. The molecular weight excluding hydrogens is 375 g/mol. The van der Waals surface area contributed by atoms with Crippen molar-refractivity contribution in [2.24, 2.45) is 0 Å². The Morgan fingerprint density at radius 1 is 1.17 bits per heavy atom. The molecule has 150 valence electrons. The molecule has 0 spiro atoms. The Bertz CT molecular complexity index is 1030. The third kappa shape index (κ3) is 3.55. The van der Waals surface area contributed by atoms with Crippen LogP contribution in [0.1, 0.15) is 34.9 Å². The van der Waals surface area contributed by atoms with E-state index < -0.39 is 5.82 Å². The van der Waals surface area contributed by atoms with Crippen LogP contribution in [0.4, 0.5) is 4.39 Å². The number of carbonyl (C=O) groups is 1. The van der Waals surface area contributed by atoms with Crippen molar-refractivity contribution in [2.45, 2.75) is 18.9 Å². The number of benzene rings is 2. The van der Waals surface area contributed by atoms with Crippen LogP contribution >= 0.6 is 0 Å². The van der Waals surface area contributed by atoms with Crippen LogP contribution in [0.15, 0.2) is 53.1 Å². The second kappa shape index (κ2) is 7.95. The van der Waals surface area contributed by atoms with E-state index in [1.54, 1.807) is 37.3 Å². The predicted octanol–water partition coefficient (Wildman–Crippen LogP) is 4.48. The van der Waals surface area contributed by atoms with Gasteiger partial charge in [0.25, 0.3) is 5.91 Å². The summed E-state index contributed by atoms with van der Waals surface area (Å²) < 4.78 is 30.1. The molecule has 6 nitrogen and oxygen atoms in total. The van der Waals surface area contributed by atoms with Crippen LogP contribution in [0.3, 0.4) is 0 Å². The minimum Gasteiger partial charge on any atom is -0.497 e. The third-order valence-electron chi connectivity index (χ3n) is 5.18. The number of nitrogens with zero attached hydrogens (tertiary/aromatic N) is 2. The van der Waals surface area contributed by atoms with E-state index in [4.69, 9.17) is 14.0 Å². The summed E-state index contributed by atoms with van der Waals surface area (Å²) in [5.41, 5.74) is 1.30. The summed E-state index contributed by atoms with van der Waals surface area (Å²) in [5, 5.41) is 3.89. The molecule has 0 unspecified atom stereocenters. The van der Waals surface area contributed by atoms with Gasteiger partial charge in [0, 0.05) is 18.2 Å². The van der Waals surface area contributed by atoms with Gasteiger partial charge in [-0.15, -0.1) is 0 Å². The zero-order valence-corrected chi connectivity index (χ0v) is 16.2. The van der Waals surface area contributed by atoms with Gasteiger partial charge in [0.15, 0.2) is 11.5 Å². The lowest BCUT2D eigenvalue weighted by atomic mass is 10.0. The maximum absolute atomic E-state index is 14.0. The van der Waals surface area contributed by atoms with E-state index in [2.05, 4.69) is 5.16 Å². The maximum Gasteiger partial charge on any atom is 0.276 e. The second-order valence-electron chi connectivity index (χ2n) is 6.82. The summed E-state index contributed by atoms with van der Waals surface area (Å²) >= 11 is 0. The predicted molar refractivity (Wildman–Crippen MR) is 104 cm³/mol. The van der Waals surface area contributed by atoms with E-state index in [9.17, 15) is 9.18 Å². The molecular formula is C22H21FN2O4. The summed E-state index contributed by atoms with van der Waals surface area (Å²) in [6.45, 7) is 0.589. The average molecular weight is 396 g/mol. The lowest BCUT2D eigenvalue weighted by molar-refractivity contribution is 0.0723. The molecule has 3 aromatic rings. The monoisotopic (exact) mass is 396 g/mol. The van der Waals surface area contributed by atoms with Crippen molar-refractivity contribution in [3.63, 3.8) is 0 Å². The highest BCUT2D eigenvalue weighted by atomic mass is 19.1. The summed E-state index contributed by atoms with van der Waals surface area (Å²) in [4.78, 5) is 14.9. The number of rotatable bonds is 5. The molecule has 1 atom stereocenters. The molecule has 1 aliphatic heterocycles. The summed E-state index contributed by atoms with van der Waals surface area (Å²) in [6, 6.07) is 13.1. The fourth-order valence-corrected chi connectivity index (χ4v) is 3.74. The Morgan fingerprint density at radius 2 is 2.00 bits per heavy atom. The Morgan fingerprint density at radius 3 is 2.76 bits per heavy atom. The van der Waals surface area contributed by atoms with Crippen molar-refractivity contribution < 1.29 is 23.2 Å². The minimum atomic E-state index is -0.428. The van der Waals surface area contributed by atoms with Crippen molar-refractivity contribution in [3.05, 3.63) is 65.6 Å². The topological polar surface area (TPSA) is 64.8 Å². The first-order chi connectivity index (χ1) is 14.1. The van der Waals surface area contributed by atoms with Crippen molar-refractivity contribution in [1.82, 2.24) is 10.1 Å². The Balaban J connectivity index is 1.63. The number of hydrogen-bond acceptors (Lipinski definition) is 5. The zero-order chi connectivity index (χ0) is 20.4. The molecule has 0 radical (unpaired) electrons.